The SMILES string of the molecule is O=C(c1cccc(I)c1)c1ccccc1Cl. The Hall–Kier alpha value is -0.870. The molecule has 0 atom stereocenters. The van der Waals surface area contributed by atoms with Crippen LogP contribution >= 0.6 is 34.2 Å². The lowest BCUT2D eigenvalue weighted by atomic mass is 10.0. The Labute approximate surface area is 113 Å². The van der Waals surface area contributed by atoms with Crippen molar-refractivity contribution in [1.82, 2.24) is 0 Å². The van der Waals surface area contributed by atoms with Crippen molar-refractivity contribution < 1.29 is 4.79 Å². The molecule has 0 N–H and O–H groups in total. The molecule has 0 aliphatic rings. The van der Waals surface area contributed by atoms with Crippen LogP contribution < -0.4 is 0 Å². The van der Waals surface area contributed by atoms with E-state index in [9.17, 15) is 4.79 Å². The molecule has 0 radical (unpaired) electrons. The molecule has 0 amide bonds. The number of halogens is 2. The first kappa shape index (κ1) is 11.6. The van der Waals surface area contributed by atoms with E-state index >= 15 is 0 Å². The largest absolute Gasteiger partial charge is 0.289 e. The highest BCUT2D eigenvalue weighted by atomic mass is 127. The number of carbonyl (C=O) groups is 1. The molecule has 2 rings (SSSR count). The van der Waals surface area contributed by atoms with Gasteiger partial charge in [-0.2, -0.15) is 0 Å². The molecule has 0 aromatic heterocycles. The number of hydrogen-bond donors (Lipinski definition) is 0. The molecule has 0 fully saturated rings. The monoisotopic (exact) mass is 342 g/mol. The molecule has 2 aromatic rings. The second-order valence-corrected chi connectivity index (χ2v) is 4.97. The van der Waals surface area contributed by atoms with Gasteiger partial charge < -0.3 is 0 Å². The van der Waals surface area contributed by atoms with Crippen LogP contribution in [0.5, 0.6) is 0 Å². The van der Waals surface area contributed by atoms with E-state index < -0.39 is 0 Å². The summed E-state index contributed by atoms with van der Waals surface area (Å²) in [4.78, 5) is 12.1. The van der Waals surface area contributed by atoms with Crippen LogP contribution in [-0.4, -0.2) is 5.78 Å². The fraction of sp³-hybridized carbons (Fsp3) is 0. The highest BCUT2D eigenvalue weighted by Crippen LogP contribution is 2.19. The highest BCUT2D eigenvalue weighted by molar-refractivity contribution is 14.1. The van der Waals surface area contributed by atoms with Gasteiger partial charge in [0.2, 0.25) is 0 Å². The van der Waals surface area contributed by atoms with Gasteiger partial charge in [0.25, 0.3) is 0 Å². The molecular formula is C13H8ClIO. The van der Waals surface area contributed by atoms with Crippen molar-refractivity contribution in [2.24, 2.45) is 0 Å². The summed E-state index contributed by atoms with van der Waals surface area (Å²) in [6.07, 6.45) is 0. The third kappa shape index (κ3) is 2.44. The first-order chi connectivity index (χ1) is 7.68. The highest BCUT2D eigenvalue weighted by Gasteiger charge is 2.11. The van der Waals surface area contributed by atoms with Crippen molar-refractivity contribution in [3.63, 3.8) is 0 Å². The molecule has 1 nitrogen and oxygen atoms in total. The third-order valence-electron chi connectivity index (χ3n) is 2.21. The van der Waals surface area contributed by atoms with Gasteiger partial charge >= 0.3 is 0 Å². The Kier molecular flexibility index (Phi) is 3.61. The number of rotatable bonds is 2. The van der Waals surface area contributed by atoms with E-state index in [1.807, 2.05) is 30.3 Å². The molecule has 0 bridgehead atoms. The lowest BCUT2D eigenvalue weighted by Gasteiger charge is -2.03. The van der Waals surface area contributed by atoms with Crippen LogP contribution in [-0.2, 0) is 0 Å². The average molecular weight is 343 g/mol. The van der Waals surface area contributed by atoms with E-state index in [1.165, 1.54) is 0 Å². The molecule has 80 valence electrons. The van der Waals surface area contributed by atoms with Crippen molar-refractivity contribution in [3.05, 3.63) is 68.3 Å². The second-order valence-electron chi connectivity index (χ2n) is 3.32. The van der Waals surface area contributed by atoms with Crippen molar-refractivity contribution >= 4 is 40.0 Å². The first-order valence-electron chi connectivity index (χ1n) is 4.73. The summed E-state index contributed by atoms with van der Waals surface area (Å²) in [6, 6.07) is 14.6. The van der Waals surface area contributed by atoms with Crippen LogP contribution in [0.15, 0.2) is 48.5 Å². The lowest BCUT2D eigenvalue weighted by Crippen LogP contribution is -2.02. The number of benzene rings is 2. The predicted octanol–water partition coefficient (Wildman–Crippen LogP) is 4.18. The summed E-state index contributed by atoms with van der Waals surface area (Å²) in [5.41, 5.74) is 1.21. The average Bonchev–Trinajstić information content (AvgIpc) is 2.29. The molecule has 0 heterocycles. The predicted molar refractivity (Wildman–Crippen MR) is 74.0 cm³/mol. The quantitative estimate of drug-likeness (QED) is 0.591. The van der Waals surface area contributed by atoms with E-state index in [-0.39, 0.29) is 5.78 Å². The van der Waals surface area contributed by atoms with Crippen LogP contribution in [0.25, 0.3) is 0 Å². The van der Waals surface area contributed by atoms with Gasteiger partial charge in [-0.3, -0.25) is 4.79 Å². The summed E-state index contributed by atoms with van der Waals surface area (Å²) in [6.45, 7) is 0. The fourth-order valence-corrected chi connectivity index (χ4v) is 2.20. The van der Waals surface area contributed by atoms with Crippen LogP contribution in [0.3, 0.4) is 0 Å². The zero-order valence-corrected chi connectivity index (χ0v) is 11.2. The van der Waals surface area contributed by atoms with Gasteiger partial charge in [-0.15, -0.1) is 0 Å². The minimum Gasteiger partial charge on any atom is -0.289 e. The zero-order valence-electron chi connectivity index (χ0n) is 8.28. The maximum Gasteiger partial charge on any atom is 0.194 e. The molecule has 0 saturated heterocycles. The van der Waals surface area contributed by atoms with Crippen molar-refractivity contribution in [2.45, 2.75) is 0 Å². The van der Waals surface area contributed by atoms with Crippen molar-refractivity contribution in [1.29, 1.82) is 0 Å². The molecule has 3 heteroatoms. The molecule has 0 spiro atoms. The van der Waals surface area contributed by atoms with Crippen LogP contribution in [0.1, 0.15) is 15.9 Å². The van der Waals surface area contributed by atoms with E-state index in [2.05, 4.69) is 22.6 Å². The molecule has 16 heavy (non-hydrogen) atoms. The van der Waals surface area contributed by atoms with E-state index in [0.717, 1.165) is 3.57 Å². The van der Waals surface area contributed by atoms with Crippen molar-refractivity contribution in [2.75, 3.05) is 0 Å². The van der Waals surface area contributed by atoms with Gasteiger partial charge in [-0.05, 0) is 46.9 Å². The normalized spacial score (nSPS) is 10.1. The Morgan fingerprint density at radius 3 is 2.50 bits per heavy atom. The van der Waals surface area contributed by atoms with Gasteiger partial charge in [-0.1, -0.05) is 35.9 Å². The minimum atomic E-state index is -0.0379. The van der Waals surface area contributed by atoms with Crippen LogP contribution in [0.2, 0.25) is 5.02 Å². The summed E-state index contributed by atoms with van der Waals surface area (Å²) >= 11 is 8.17. The molecule has 0 aliphatic heterocycles. The van der Waals surface area contributed by atoms with Gasteiger partial charge in [-0.25, -0.2) is 0 Å². The molecule has 0 aliphatic carbocycles. The summed E-state index contributed by atoms with van der Waals surface area (Å²) in [7, 11) is 0. The molecular weight excluding hydrogens is 334 g/mol. The number of ketones is 1. The van der Waals surface area contributed by atoms with Gasteiger partial charge in [0.1, 0.15) is 0 Å². The molecule has 2 aromatic carbocycles. The van der Waals surface area contributed by atoms with Gasteiger partial charge in [0.15, 0.2) is 5.78 Å². The lowest BCUT2D eigenvalue weighted by molar-refractivity contribution is 0.103. The van der Waals surface area contributed by atoms with Crippen LogP contribution in [0, 0.1) is 3.57 Å². The maximum absolute atomic E-state index is 12.1. The summed E-state index contributed by atoms with van der Waals surface area (Å²) in [5.74, 6) is -0.0379. The summed E-state index contributed by atoms with van der Waals surface area (Å²) in [5, 5.41) is 0.492. The fourth-order valence-electron chi connectivity index (χ4n) is 1.43. The Balaban J connectivity index is 2.44. The smallest absolute Gasteiger partial charge is 0.194 e. The standard InChI is InChI=1S/C13H8ClIO/c14-12-7-2-1-6-11(12)13(16)9-4-3-5-10(15)8-9/h1-8H. The second kappa shape index (κ2) is 4.97. The molecule has 0 unspecified atom stereocenters. The van der Waals surface area contributed by atoms with Crippen molar-refractivity contribution in [3.8, 4) is 0 Å². The minimum absolute atomic E-state index is 0.0379. The van der Waals surface area contributed by atoms with Crippen LogP contribution in [0.4, 0.5) is 0 Å². The van der Waals surface area contributed by atoms with E-state index in [1.54, 1.807) is 18.2 Å². The van der Waals surface area contributed by atoms with Gasteiger partial charge in [0.05, 0.1) is 5.02 Å². The third-order valence-corrected chi connectivity index (χ3v) is 3.21. The first-order valence-corrected chi connectivity index (χ1v) is 6.19. The van der Waals surface area contributed by atoms with E-state index in [0.29, 0.717) is 16.1 Å². The molecule has 0 saturated carbocycles. The zero-order chi connectivity index (χ0) is 11.5. The number of carbonyl (C=O) groups excluding carboxylic acids is 1. The number of hydrogen-bond acceptors (Lipinski definition) is 1. The summed E-state index contributed by atoms with van der Waals surface area (Å²) < 4.78 is 1.04. The Morgan fingerprint density at radius 2 is 1.81 bits per heavy atom. The Bertz CT molecular complexity index is 537. The van der Waals surface area contributed by atoms with Gasteiger partial charge in [0, 0.05) is 14.7 Å². The van der Waals surface area contributed by atoms with E-state index in [4.69, 9.17) is 11.6 Å². The Morgan fingerprint density at radius 1 is 1.06 bits per heavy atom. The topological polar surface area (TPSA) is 17.1 Å². The maximum atomic E-state index is 12.1.